The summed E-state index contributed by atoms with van der Waals surface area (Å²) in [5.74, 6) is -1.13. The van der Waals surface area contributed by atoms with Crippen LogP contribution in [0.5, 0.6) is 0 Å². The second kappa shape index (κ2) is 35.6. The van der Waals surface area contributed by atoms with Crippen molar-refractivity contribution in [3.05, 3.63) is 0 Å². The smallest absolute Gasteiger partial charge is 0.309 e. The van der Waals surface area contributed by atoms with E-state index < -0.39 is 22.8 Å². The maximum atomic E-state index is 12.7. The van der Waals surface area contributed by atoms with Gasteiger partial charge in [0.2, 0.25) is 0 Å². The topological polar surface area (TPSA) is 98.1 Å². The monoisotopic (exact) mass is 738 g/mol. The minimum absolute atomic E-state index is 0.176. The van der Waals surface area contributed by atoms with Crippen molar-refractivity contribution in [1.29, 1.82) is 0 Å². The van der Waals surface area contributed by atoms with E-state index in [1.54, 1.807) is 0 Å². The maximum absolute atomic E-state index is 12.7. The Bertz CT molecular complexity index is 744. The van der Waals surface area contributed by atoms with Gasteiger partial charge < -0.3 is 20.2 Å². The molecule has 0 aromatic carbocycles. The number of nitrogens with zero attached hydrogens (tertiary/aromatic N) is 1. The molecule has 0 saturated heterocycles. The molecule has 6 nitrogen and oxygen atoms in total. The fraction of sp³-hybridized carbons (Fsp3) is 0.957. The van der Waals surface area contributed by atoms with Crippen LogP contribution in [0.3, 0.4) is 0 Å². The van der Waals surface area contributed by atoms with Gasteiger partial charge in [0.15, 0.2) is 0 Å². The van der Waals surface area contributed by atoms with Gasteiger partial charge in [0.1, 0.15) is 0 Å². The molecule has 2 atom stereocenters. The van der Waals surface area contributed by atoms with Crippen molar-refractivity contribution >= 4 is 11.9 Å². The number of carboxylic acids is 2. The van der Waals surface area contributed by atoms with E-state index >= 15 is 0 Å². The second-order valence-electron chi connectivity index (χ2n) is 16.7. The number of rotatable bonds is 42. The molecule has 310 valence electrons. The van der Waals surface area contributed by atoms with Crippen LogP contribution < -0.4 is 0 Å². The van der Waals surface area contributed by atoms with Crippen LogP contribution in [0.15, 0.2) is 0 Å². The lowest BCUT2D eigenvalue weighted by molar-refractivity contribution is -0.151. The van der Waals surface area contributed by atoms with Gasteiger partial charge in [-0.3, -0.25) is 9.59 Å². The van der Waals surface area contributed by atoms with E-state index in [1.807, 2.05) is 0 Å². The number of aliphatic hydroxyl groups excluding tert-OH is 1. The van der Waals surface area contributed by atoms with E-state index in [0.29, 0.717) is 6.54 Å². The van der Waals surface area contributed by atoms with Crippen LogP contribution in [0.1, 0.15) is 246 Å². The van der Waals surface area contributed by atoms with Crippen molar-refractivity contribution in [3.8, 4) is 0 Å². The Hall–Kier alpha value is -1.14. The molecule has 3 N–H and O–H groups in total. The van der Waals surface area contributed by atoms with Crippen molar-refractivity contribution in [3.63, 3.8) is 0 Å². The fourth-order valence-corrected chi connectivity index (χ4v) is 8.44. The third-order valence-corrected chi connectivity index (χ3v) is 12.1. The highest BCUT2D eigenvalue weighted by Gasteiger charge is 2.37. The summed E-state index contributed by atoms with van der Waals surface area (Å²) in [4.78, 5) is 27.7. The average molecular weight is 738 g/mol. The Morgan fingerprint density at radius 3 is 0.846 bits per heavy atom. The number of aliphatic hydroxyl groups is 1. The minimum Gasteiger partial charge on any atom is -0.481 e. The highest BCUT2D eigenvalue weighted by Crippen LogP contribution is 2.39. The van der Waals surface area contributed by atoms with Gasteiger partial charge in [-0.2, -0.15) is 0 Å². The molecule has 2 unspecified atom stereocenters. The highest BCUT2D eigenvalue weighted by molar-refractivity contribution is 5.75. The lowest BCUT2D eigenvalue weighted by Gasteiger charge is -2.30. The van der Waals surface area contributed by atoms with Crippen LogP contribution >= 0.6 is 0 Å². The second-order valence-corrected chi connectivity index (χ2v) is 16.7. The Labute approximate surface area is 324 Å². The van der Waals surface area contributed by atoms with Crippen molar-refractivity contribution in [2.24, 2.45) is 10.8 Å². The van der Waals surface area contributed by atoms with E-state index in [0.717, 1.165) is 154 Å². The number of hydrogen-bond donors (Lipinski definition) is 3. The third kappa shape index (κ3) is 25.8. The molecule has 0 bridgehead atoms. The molecule has 0 heterocycles. The predicted octanol–water partition coefficient (Wildman–Crippen LogP) is 13.8. The first-order valence-corrected chi connectivity index (χ1v) is 23.1. The zero-order chi connectivity index (χ0) is 38.6. The lowest BCUT2D eigenvalue weighted by atomic mass is 9.74. The number of aliphatic carboxylic acids is 2. The minimum atomic E-state index is -0.565. The van der Waals surface area contributed by atoms with Gasteiger partial charge in [0, 0.05) is 6.54 Å². The largest absolute Gasteiger partial charge is 0.481 e. The molecule has 0 rings (SSSR count). The normalized spacial score (nSPS) is 14.1. The van der Waals surface area contributed by atoms with Gasteiger partial charge in [-0.15, -0.1) is 0 Å². The van der Waals surface area contributed by atoms with Gasteiger partial charge in [-0.05, 0) is 64.5 Å². The van der Waals surface area contributed by atoms with Crippen molar-refractivity contribution < 1.29 is 24.9 Å². The van der Waals surface area contributed by atoms with Crippen LogP contribution in [-0.4, -0.2) is 58.4 Å². The Balaban J connectivity index is 4.74. The predicted molar refractivity (Wildman–Crippen MR) is 223 cm³/mol. The average Bonchev–Trinajstić information content (AvgIpc) is 3.13. The van der Waals surface area contributed by atoms with Gasteiger partial charge in [0.05, 0.1) is 17.4 Å². The van der Waals surface area contributed by atoms with Crippen LogP contribution in [0.2, 0.25) is 0 Å². The van der Waals surface area contributed by atoms with Crippen molar-refractivity contribution in [2.75, 3.05) is 26.2 Å². The van der Waals surface area contributed by atoms with E-state index in [4.69, 9.17) is 0 Å². The Morgan fingerprint density at radius 2 is 0.596 bits per heavy atom. The number of hydrogen-bond acceptors (Lipinski definition) is 4. The first-order valence-electron chi connectivity index (χ1n) is 23.1. The molecule has 0 aliphatic rings. The van der Waals surface area contributed by atoms with Gasteiger partial charge in [-0.25, -0.2) is 0 Å². The van der Waals surface area contributed by atoms with Crippen LogP contribution in [0.25, 0.3) is 0 Å². The summed E-state index contributed by atoms with van der Waals surface area (Å²) >= 11 is 0. The van der Waals surface area contributed by atoms with Gasteiger partial charge in [0.25, 0.3) is 0 Å². The molecular weight excluding hydrogens is 647 g/mol. The molecule has 6 heteroatoms. The number of carbonyl (C=O) groups is 2. The maximum Gasteiger partial charge on any atom is 0.309 e. The molecule has 0 spiro atoms. The lowest BCUT2D eigenvalue weighted by Crippen LogP contribution is -2.31. The van der Waals surface area contributed by atoms with Crippen LogP contribution in [0.4, 0.5) is 0 Å². The van der Waals surface area contributed by atoms with Crippen LogP contribution in [-0.2, 0) is 9.59 Å². The molecule has 0 amide bonds. The number of carboxylic acid groups (broad SMARTS) is 2. The molecule has 52 heavy (non-hydrogen) atoms. The third-order valence-electron chi connectivity index (χ3n) is 12.1. The van der Waals surface area contributed by atoms with E-state index in [1.165, 1.54) is 77.0 Å². The molecule has 0 aliphatic heterocycles. The van der Waals surface area contributed by atoms with E-state index in [2.05, 4.69) is 32.6 Å². The van der Waals surface area contributed by atoms with Crippen LogP contribution in [0, 0.1) is 10.8 Å². The standard InChI is InChI=1S/C46H91NO5/c1-5-9-13-17-19-27-35-45(43(49)50,33-25-15-11-7-3)37-29-21-23-31-39-47(41-42-48)40-32-24-22-30-38-46(44(51)52,34-26-16-12-8-4)36-28-20-18-14-10-6-2/h48H,5-42H2,1-4H3,(H,49,50)(H,51,52). The first-order chi connectivity index (χ1) is 25.3. The molecular formula is C46H91NO5. The molecule has 0 saturated carbocycles. The quantitative estimate of drug-likeness (QED) is 0.0540. The van der Waals surface area contributed by atoms with E-state index in [9.17, 15) is 24.9 Å². The number of unbranched alkanes of at least 4 members (excludes halogenated alkanes) is 22. The van der Waals surface area contributed by atoms with Crippen molar-refractivity contribution in [2.45, 2.75) is 246 Å². The zero-order valence-corrected chi connectivity index (χ0v) is 35.5. The summed E-state index contributed by atoms with van der Waals surface area (Å²) < 4.78 is 0. The molecule has 0 radical (unpaired) electrons. The summed E-state index contributed by atoms with van der Waals surface area (Å²) in [5, 5.41) is 30.6. The SMILES string of the molecule is CCCCCCCCC(CCCCCC)(CCCCCCN(CCO)CCCCCCC(CCCCCC)(CCCCCCCC)C(=O)O)C(=O)O. The van der Waals surface area contributed by atoms with E-state index in [-0.39, 0.29) is 6.61 Å². The van der Waals surface area contributed by atoms with Gasteiger partial charge >= 0.3 is 11.9 Å². The zero-order valence-electron chi connectivity index (χ0n) is 35.5. The molecule has 0 aromatic heterocycles. The van der Waals surface area contributed by atoms with Gasteiger partial charge in [-0.1, -0.05) is 195 Å². The summed E-state index contributed by atoms with van der Waals surface area (Å²) in [6, 6.07) is 0. The van der Waals surface area contributed by atoms with Crippen molar-refractivity contribution in [1.82, 2.24) is 4.90 Å². The summed E-state index contributed by atoms with van der Waals surface area (Å²) in [5.41, 5.74) is -1.09. The summed E-state index contributed by atoms with van der Waals surface area (Å²) in [7, 11) is 0. The summed E-state index contributed by atoms with van der Waals surface area (Å²) in [6.45, 7) is 11.7. The summed E-state index contributed by atoms with van der Waals surface area (Å²) in [6.07, 6.45) is 37.0. The molecule has 0 fully saturated rings. The first kappa shape index (κ1) is 50.9. The molecule has 0 aromatic rings. The fourth-order valence-electron chi connectivity index (χ4n) is 8.44. The Kier molecular flexibility index (Phi) is 34.8. The highest BCUT2D eigenvalue weighted by atomic mass is 16.4. The molecule has 0 aliphatic carbocycles. The Morgan fingerprint density at radius 1 is 0.365 bits per heavy atom.